The minimum Gasteiger partial charge on any atom is -0.472 e. The van der Waals surface area contributed by atoms with Gasteiger partial charge < -0.3 is 20.5 Å². The van der Waals surface area contributed by atoms with Gasteiger partial charge in [-0.3, -0.25) is 9.69 Å². The van der Waals surface area contributed by atoms with E-state index in [2.05, 4.69) is 45.7 Å². The van der Waals surface area contributed by atoms with E-state index >= 15 is 0 Å². The third kappa shape index (κ3) is 8.03. The van der Waals surface area contributed by atoms with E-state index in [1.807, 2.05) is 11.8 Å². The van der Waals surface area contributed by atoms with Gasteiger partial charge >= 0.3 is 0 Å². The highest BCUT2D eigenvalue weighted by molar-refractivity contribution is 5.73. The third-order valence-electron chi connectivity index (χ3n) is 7.09. The standard InChI is InChI=1S/C20H25N3O.C8H16N2O2/c1-14(12-24-20-15(2)19(21)22-13-23-20)16-8-10-18(11-9-16)17-6-4-3-5-7-17;1-8(12)10-4-2-9(3-5-10)6-7-11/h8-11,13,17H,1,3-7,12H2,2H3,(H2,21,22,23);11H,2-7H2,1H3. The van der Waals surface area contributed by atoms with Gasteiger partial charge in [0.25, 0.3) is 0 Å². The molecule has 8 nitrogen and oxygen atoms in total. The van der Waals surface area contributed by atoms with Gasteiger partial charge in [-0.2, -0.15) is 0 Å². The highest BCUT2D eigenvalue weighted by atomic mass is 16.5. The van der Waals surface area contributed by atoms with Crippen molar-refractivity contribution in [3.05, 3.63) is 53.9 Å². The summed E-state index contributed by atoms with van der Waals surface area (Å²) in [6, 6.07) is 8.78. The number of nitrogens with two attached hydrogens (primary N) is 1. The monoisotopic (exact) mass is 495 g/mol. The fourth-order valence-electron chi connectivity index (χ4n) is 4.69. The second-order valence-electron chi connectivity index (χ2n) is 9.61. The molecule has 2 heterocycles. The number of amides is 1. The molecule has 1 saturated carbocycles. The highest BCUT2D eigenvalue weighted by Gasteiger charge is 2.17. The molecule has 0 unspecified atom stereocenters. The maximum atomic E-state index is 10.9. The van der Waals surface area contributed by atoms with Gasteiger partial charge in [-0.25, -0.2) is 9.97 Å². The van der Waals surface area contributed by atoms with Crippen LogP contribution in [0, 0.1) is 6.92 Å². The Morgan fingerprint density at radius 1 is 1.11 bits per heavy atom. The summed E-state index contributed by atoms with van der Waals surface area (Å²) >= 11 is 0. The van der Waals surface area contributed by atoms with Crippen molar-refractivity contribution in [2.24, 2.45) is 0 Å². The van der Waals surface area contributed by atoms with Crippen molar-refractivity contribution in [3.63, 3.8) is 0 Å². The summed E-state index contributed by atoms with van der Waals surface area (Å²) in [4.78, 5) is 23.0. The number of hydrogen-bond acceptors (Lipinski definition) is 7. The van der Waals surface area contributed by atoms with Crippen molar-refractivity contribution in [1.82, 2.24) is 19.8 Å². The Hall–Kier alpha value is -2.97. The molecule has 0 radical (unpaired) electrons. The summed E-state index contributed by atoms with van der Waals surface area (Å²) in [5.41, 5.74) is 10.0. The topological polar surface area (TPSA) is 105 Å². The molecule has 1 aliphatic carbocycles. The van der Waals surface area contributed by atoms with E-state index in [1.54, 1.807) is 6.92 Å². The second-order valence-corrected chi connectivity index (χ2v) is 9.61. The molecule has 1 aliphatic heterocycles. The van der Waals surface area contributed by atoms with Crippen LogP contribution in [0.5, 0.6) is 5.88 Å². The Bertz CT molecular complexity index is 981. The first kappa shape index (κ1) is 27.6. The summed E-state index contributed by atoms with van der Waals surface area (Å²) in [7, 11) is 0. The van der Waals surface area contributed by atoms with Crippen LogP contribution in [0.2, 0.25) is 0 Å². The van der Waals surface area contributed by atoms with E-state index < -0.39 is 0 Å². The van der Waals surface area contributed by atoms with Crippen LogP contribution in [0.15, 0.2) is 37.2 Å². The summed E-state index contributed by atoms with van der Waals surface area (Å²) in [5, 5.41) is 8.67. The molecular weight excluding hydrogens is 454 g/mol. The molecule has 0 spiro atoms. The number of aliphatic hydroxyl groups excluding tert-OH is 1. The first-order valence-corrected chi connectivity index (χ1v) is 13.0. The van der Waals surface area contributed by atoms with Crippen LogP contribution in [0.25, 0.3) is 5.57 Å². The Morgan fingerprint density at radius 3 is 2.39 bits per heavy atom. The average Bonchev–Trinajstić information content (AvgIpc) is 2.91. The third-order valence-corrected chi connectivity index (χ3v) is 7.09. The van der Waals surface area contributed by atoms with E-state index in [0.717, 1.165) is 55.3 Å². The predicted molar refractivity (Wildman–Crippen MR) is 144 cm³/mol. The number of anilines is 1. The number of nitrogen functional groups attached to an aromatic ring is 1. The van der Waals surface area contributed by atoms with Crippen molar-refractivity contribution in [3.8, 4) is 5.88 Å². The number of ether oxygens (including phenoxy) is 1. The molecular formula is C28H41N5O3. The smallest absolute Gasteiger partial charge is 0.221 e. The number of piperazine rings is 1. The van der Waals surface area contributed by atoms with Gasteiger partial charge in [-0.05, 0) is 42.4 Å². The van der Waals surface area contributed by atoms with Crippen molar-refractivity contribution >= 4 is 17.3 Å². The van der Waals surface area contributed by atoms with Crippen molar-refractivity contribution in [1.29, 1.82) is 0 Å². The van der Waals surface area contributed by atoms with Crippen LogP contribution in [0.3, 0.4) is 0 Å². The van der Waals surface area contributed by atoms with Crippen LogP contribution >= 0.6 is 0 Å². The lowest BCUT2D eigenvalue weighted by atomic mass is 9.84. The Morgan fingerprint density at radius 2 is 1.78 bits per heavy atom. The molecule has 8 heteroatoms. The average molecular weight is 496 g/mol. The van der Waals surface area contributed by atoms with E-state index in [4.69, 9.17) is 15.6 Å². The first-order chi connectivity index (χ1) is 17.4. The first-order valence-electron chi connectivity index (χ1n) is 13.0. The number of aromatic nitrogens is 2. The highest BCUT2D eigenvalue weighted by Crippen LogP contribution is 2.33. The van der Waals surface area contributed by atoms with Crippen molar-refractivity contribution in [2.75, 3.05) is 51.7 Å². The number of nitrogens with zero attached hydrogens (tertiary/aromatic N) is 4. The van der Waals surface area contributed by atoms with Crippen LogP contribution in [0.4, 0.5) is 5.82 Å². The van der Waals surface area contributed by atoms with Gasteiger partial charge in [-0.15, -0.1) is 0 Å². The summed E-state index contributed by atoms with van der Waals surface area (Å²) in [6.07, 6.45) is 8.15. The molecule has 1 aromatic heterocycles. The Labute approximate surface area is 215 Å². The largest absolute Gasteiger partial charge is 0.472 e. The van der Waals surface area contributed by atoms with E-state index in [1.165, 1.54) is 44.0 Å². The van der Waals surface area contributed by atoms with Gasteiger partial charge in [-0.1, -0.05) is 50.1 Å². The maximum Gasteiger partial charge on any atom is 0.221 e. The number of hydrogen-bond donors (Lipinski definition) is 2. The zero-order valence-corrected chi connectivity index (χ0v) is 21.8. The molecule has 0 bridgehead atoms. The number of aliphatic hydroxyl groups is 1. The van der Waals surface area contributed by atoms with Crippen LogP contribution in [-0.4, -0.2) is 76.7 Å². The molecule has 1 amide bonds. The van der Waals surface area contributed by atoms with E-state index in [9.17, 15) is 4.79 Å². The van der Waals surface area contributed by atoms with E-state index in [0.29, 0.717) is 18.3 Å². The number of β-amino-alcohol motifs (C(OH)–C–C–N with tert-alkyl or cyclic N) is 1. The number of carbonyl (C=O) groups is 1. The second kappa shape index (κ2) is 13.9. The molecule has 36 heavy (non-hydrogen) atoms. The van der Waals surface area contributed by atoms with Gasteiger partial charge in [0, 0.05) is 39.6 Å². The molecule has 1 aromatic carbocycles. The van der Waals surface area contributed by atoms with Gasteiger partial charge in [0.15, 0.2) is 0 Å². The number of carbonyl (C=O) groups excluding carboxylic acids is 1. The fraction of sp³-hybridized carbons (Fsp3) is 0.536. The number of rotatable bonds is 7. The van der Waals surface area contributed by atoms with Crippen LogP contribution < -0.4 is 10.5 Å². The van der Waals surface area contributed by atoms with Gasteiger partial charge in [0.2, 0.25) is 11.8 Å². The molecule has 2 fully saturated rings. The molecule has 196 valence electrons. The van der Waals surface area contributed by atoms with Crippen LogP contribution in [0.1, 0.15) is 61.6 Å². The number of benzene rings is 1. The Balaban J connectivity index is 0.000000253. The zero-order chi connectivity index (χ0) is 25.9. The molecule has 3 N–H and O–H groups in total. The molecule has 4 rings (SSSR count). The normalized spacial score (nSPS) is 16.7. The summed E-state index contributed by atoms with van der Waals surface area (Å²) < 4.78 is 5.75. The molecule has 0 atom stereocenters. The lowest BCUT2D eigenvalue weighted by Crippen LogP contribution is -2.48. The summed E-state index contributed by atoms with van der Waals surface area (Å²) in [6.45, 7) is 12.3. The lowest BCUT2D eigenvalue weighted by Gasteiger charge is -2.33. The minimum absolute atomic E-state index is 0.152. The SMILES string of the molecule is C=C(COc1ncnc(N)c1C)c1ccc(C2CCCCC2)cc1.CC(=O)N1CCN(CCO)CC1. The maximum absolute atomic E-state index is 10.9. The molecule has 2 aromatic rings. The quantitative estimate of drug-likeness (QED) is 0.604. The Kier molecular flexibility index (Phi) is 10.7. The van der Waals surface area contributed by atoms with Gasteiger partial charge in [0.05, 0.1) is 12.2 Å². The summed E-state index contributed by atoms with van der Waals surface area (Å²) in [5.74, 6) is 1.84. The fourth-order valence-corrected chi connectivity index (χ4v) is 4.69. The van der Waals surface area contributed by atoms with Crippen LogP contribution in [-0.2, 0) is 4.79 Å². The zero-order valence-electron chi connectivity index (χ0n) is 21.8. The van der Waals surface area contributed by atoms with Crippen molar-refractivity contribution < 1.29 is 14.6 Å². The molecule has 1 saturated heterocycles. The predicted octanol–water partition coefficient (Wildman–Crippen LogP) is 3.65. The molecule has 2 aliphatic rings. The van der Waals surface area contributed by atoms with Crippen molar-refractivity contribution in [2.45, 2.75) is 51.9 Å². The van der Waals surface area contributed by atoms with E-state index in [-0.39, 0.29) is 12.5 Å². The minimum atomic E-state index is 0.152. The lowest BCUT2D eigenvalue weighted by molar-refractivity contribution is -0.130. The van der Waals surface area contributed by atoms with Gasteiger partial charge in [0.1, 0.15) is 18.8 Å².